The third-order valence-corrected chi connectivity index (χ3v) is 3.08. The van der Waals surface area contributed by atoms with E-state index in [1.54, 1.807) is 10.7 Å². The normalized spacial score (nSPS) is 10.8. The molecule has 3 N–H and O–H groups in total. The van der Waals surface area contributed by atoms with Crippen LogP contribution in [0.5, 0.6) is 0 Å². The molecule has 0 fully saturated rings. The first kappa shape index (κ1) is 14.2. The Kier molecular flexibility index (Phi) is 4.14. The molecule has 0 aliphatic carbocycles. The molecule has 6 heteroatoms. The number of nitrogens with zero attached hydrogens (tertiary/aromatic N) is 2. The Hall–Kier alpha value is -2.21. The van der Waals surface area contributed by atoms with Crippen molar-refractivity contribution < 1.29 is 9.18 Å². The molecule has 1 aromatic carbocycles. The van der Waals surface area contributed by atoms with Crippen LogP contribution in [0.1, 0.15) is 27.2 Å². The molecule has 0 saturated carbocycles. The van der Waals surface area contributed by atoms with Gasteiger partial charge in [-0.05, 0) is 19.1 Å². The van der Waals surface area contributed by atoms with Gasteiger partial charge in [-0.25, -0.2) is 4.39 Å². The average molecular weight is 276 g/mol. The molecule has 1 amide bonds. The minimum absolute atomic E-state index is 0.175. The molecule has 1 heterocycles. The zero-order chi connectivity index (χ0) is 14.7. The van der Waals surface area contributed by atoms with E-state index in [4.69, 9.17) is 5.73 Å². The van der Waals surface area contributed by atoms with Crippen LogP contribution in [0.4, 0.5) is 4.39 Å². The van der Waals surface area contributed by atoms with Gasteiger partial charge in [0.15, 0.2) is 0 Å². The van der Waals surface area contributed by atoms with Gasteiger partial charge in [0, 0.05) is 43.0 Å². The topological polar surface area (TPSA) is 72.9 Å². The molecule has 0 radical (unpaired) electrons. The summed E-state index contributed by atoms with van der Waals surface area (Å²) in [5, 5.41) is 7.39. The van der Waals surface area contributed by atoms with Crippen LogP contribution < -0.4 is 11.1 Å². The van der Waals surface area contributed by atoms with Crippen LogP contribution in [-0.4, -0.2) is 15.7 Å². The zero-order valence-electron chi connectivity index (χ0n) is 11.5. The number of hydrogen-bond acceptors (Lipinski definition) is 3. The van der Waals surface area contributed by atoms with Crippen molar-refractivity contribution in [3.05, 3.63) is 52.6 Å². The molecule has 2 aromatic rings. The number of primary amides is 1. The second-order valence-electron chi connectivity index (χ2n) is 4.69. The van der Waals surface area contributed by atoms with Gasteiger partial charge >= 0.3 is 0 Å². The van der Waals surface area contributed by atoms with Crippen LogP contribution in [0.15, 0.2) is 24.4 Å². The van der Waals surface area contributed by atoms with Crippen LogP contribution in [0.25, 0.3) is 0 Å². The quantitative estimate of drug-likeness (QED) is 0.863. The number of hydrogen-bond donors (Lipinski definition) is 2. The second-order valence-corrected chi connectivity index (χ2v) is 4.69. The van der Waals surface area contributed by atoms with Crippen molar-refractivity contribution in [2.75, 3.05) is 0 Å². The molecular weight excluding hydrogens is 259 g/mol. The molecule has 20 heavy (non-hydrogen) atoms. The predicted octanol–water partition coefficient (Wildman–Crippen LogP) is 1.26. The van der Waals surface area contributed by atoms with Gasteiger partial charge < -0.3 is 11.1 Å². The van der Waals surface area contributed by atoms with E-state index in [1.807, 2.05) is 20.2 Å². The lowest BCUT2D eigenvalue weighted by molar-refractivity contribution is 0.1000. The average Bonchev–Trinajstić information content (AvgIpc) is 2.69. The van der Waals surface area contributed by atoms with E-state index in [2.05, 4.69) is 10.4 Å². The Morgan fingerprint density at radius 1 is 1.40 bits per heavy atom. The summed E-state index contributed by atoms with van der Waals surface area (Å²) >= 11 is 0. The van der Waals surface area contributed by atoms with E-state index in [1.165, 1.54) is 6.07 Å². The standard InChI is InChI=1S/C14H17FN4O/c1-9-12(8-19(2)18-9)7-17-6-11-4-3-10(14(16)20)5-13(11)15/h3-5,8,17H,6-7H2,1-2H3,(H2,16,20). The number of carbonyl (C=O) groups excluding carboxylic acids is 1. The maximum absolute atomic E-state index is 13.8. The minimum atomic E-state index is -0.630. The highest BCUT2D eigenvalue weighted by Gasteiger charge is 2.07. The van der Waals surface area contributed by atoms with Crippen LogP contribution in [0.3, 0.4) is 0 Å². The summed E-state index contributed by atoms with van der Waals surface area (Å²) < 4.78 is 15.5. The molecule has 0 spiro atoms. The lowest BCUT2D eigenvalue weighted by Gasteiger charge is -2.06. The largest absolute Gasteiger partial charge is 0.366 e. The van der Waals surface area contributed by atoms with Crippen molar-refractivity contribution >= 4 is 5.91 Å². The third-order valence-electron chi connectivity index (χ3n) is 3.08. The van der Waals surface area contributed by atoms with Crippen molar-refractivity contribution in [2.24, 2.45) is 12.8 Å². The predicted molar refractivity (Wildman–Crippen MR) is 73.4 cm³/mol. The Morgan fingerprint density at radius 2 is 2.10 bits per heavy atom. The molecule has 5 nitrogen and oxygen atoms in total. The second kappa shape index (κ2) is 5.83. The summed E-state index contributed by atoms with van der Waals surface area (Å²) in [7, 11) is 1.86. The lowest BCUT2D eigenvalue weighted by Crippen LogP contribution is -2.15. The molecule has 0 aliphatic heterocycles. The molecule has 0 saturated heterocycles. The van der Waals surface area contributed by atoms with Crippen molar-refractivity contribution in [2.45, 2.75) is 20.0 Å². The van der Waals surface area contributed by atoms with Crippen LogP contribution >= 0.6 is 0 Å². The van der Waals surface area contributed by atoms with Gasteiger partial charge in [-0.2, -0.15) is 5.10 Å². The Balaban J connectivity index is 1.97. The number of carbonyl (C=O) groups is 1. The van der Waals surface area contributed by atoms with Gasteiger partial charge in [0.2, 0.25) is 5.91 Å². The SMILES string of the molecule is Cc1nn(C)cc1CNCc1ccc(C(N)=O)cc1F. The maximum Gasteiger partial charge on any atom is 0.248 e. The summed E-state index contributed by atoms with van der Waals surface area (Å²) in [6.07, 6.45) is 1.93. The highest BCUT2D eigenvalue weighted by atomic mass is 19.1. The number of halogens is 1. The molecule has 0 atom stereocenters. The lowest BCUT2D eigenvalue weighted by atomic mass is 10.1. The maximum atomic E-state index is 13.8. The number of nitrogens with two attached hydrogens (primary N) is 1. The van der Waals surface area contributed by atoms with Crippen LogP contribution in [0, 0.1) is 12.7 Å². The van der Waals surface area contributed by atoms with Crippen molar-refractivity contribution in [3.8, 4) is 0 Å². The summed E-state index contributed by atoms with van der Waals surface area (Å²) in [4.78, 5) is 10.9. The van der Waals surface area contributed by atoms with E-state index >= 15 is 0 Å². The van der Waals surface area contributed by atoms with Crippen molar-refractivity contribution in [3.63, 3.8) is 0 Å². The smallest absolute Gasteiger partial charge is 0.248 e. The number of aromatic nitrogens is 2. The summed E-state index contributed by atoms with van der Waals surface area (Å²) in [6, 6.07) is 4.25. The number of benzene rings is 1. The third kappa shape index (κ3) is 3.21. The van der Waals surface area contributed by atoms with E-state index < -0.39 is 11.7 Å². The van der Waals surface area contributed by atoms with Gasteiger partial charge in [0.25, 0.3) is 0 Å². The zero-order valence-corrected chi connectivity index (χ0v) is 11.5. The summed E-state index contributed by atoms with van der Waals surface area (Å²) in [6.45, 7) is 2.91. The Morgan fingerprint density at radius 3 is 2.65 bits per heavy atom. The molecule has 106 valence electrons. The molecule has 1 aromatic heterocycles. The van der Waals surface area contributed by atoms with E-state index in [0.717, 1.165) is 17.3 Å². The number of amides is 1. The number of nitrogens with one attached hydrogen (secondary N) is 1. The van der Waals surface area contributed by atoms with E-state index in [0.29, 0.717) is 18.7 Å². The first-order valence-electron chi connectivity index (χ1n) is 6.25. The molecule has 0 aliphatic rings. The van der Waals surface area contributed by atoms with Gasteiger partial charge in [0.05, 0.1) is 5.69 Å². The van der Waals surface area contributed by atoms with Crippen molar-refractivity contribution in [1.29, 1.82) is 0 Å². The van der Waals surface area contributed by atoms with Crippen LogP contribution in [-0.2, 0) is 20.1 Å². The van der Waals surface area contributed by atoms with Gasteiger partial charge in [-0.3, -0.25) is 9.48 Å². The number of aryl methyl sites for hydroxylation is 2. The van der Waals surface area contributed by atoms with Gasteiger partial charge in [-0.1, -0.05) is 6.07 Å². The first-order chi connectivity index (χ1) is 9.47. The molecule has 0 bridgehead atoms. The fourth-order valence-corrected chi connectivity index (χ4v) is 2.00. The van der Waals surface area contributed by atoms with E-state index in [9.17, 15) is 9.18 Å². The highest BCUT2D eigenvalue weighted by molar-refractivity contribution is 5.92. The van der Waals surface area contributed by atoms with Crippen molar-refractivity contribution in [1.82, 2.24) is 15.1 Å². The Bertz CT molecular complexity index is 636. The minimum Gasteiger partial charge on any atom is -0.366 e. The van der Waals surface area contributed by atoms with Gasteiger partial charge in [0.1, 0.15) is 5.82 Å². The monoisotopic (exact) mass is 276 g/mol. The highest BCUT2D eigenvalue weighted by Crippen LogP contribution is 2.11. The van der Waals surface area contributed by atoms with E-state index in [-0.39, 0.29) is 5.56 Å². The fraction of sp³-hybridized carbons (Fsp3) is 0.286. The Labute approximate surface area is 116 Å². The number of rotatable bonds is 5. The van der Waals surface area contributed by atoms with Gasteiger partial charge in [-0.15, -0.1) is 0 Å². The fourth-order valence-electron chi connectivity index (χ4n) is 2.00. The molecule has 2 rings (SSSR count). The molecule has 0 unspecified atom stereocenters. The van der Waals surface area contributed by atoms with Crippen LogP contribution in [0.2, 0.25) is 0 Å². The summed E-state index contributed by atoms with van der Waals surface area (Å²) in [5.74, 6) is -1.06. The summed E-state index contributed by atoms with van der Waals surface area (Å²) in [5.41, 5.74) is 7.79. The first-order valence-corrected chi connectivity index (χ1v) is 6.25. The molecular formula is C14H17FN4O.